The van der Waals surface area contributed by atoms with Crippen molar-refractivity contribution in [1.29, 1.82) is 0 Å². The smallest absolute Gasteiger partial charge is 0.175 e. The van der Waals surface area contributed by atoms with Crippen LogP contribution in [-0.2, 0) is 16.9 Å². The maximum absolute atomic E-state index is 11.9. The van der Waals surface area contributed by atoms with Gasteiger partial charge in [-0.05, 0) is 43.9 Å². The van der Waals surface area contributed by atoms with E-state index < -0.39 is 9.84 Å². The first kappa shape index (κ1) is 22.4. The van der Waals surface area contributed by atoms with Crippen LogP contribution < -0.4 is 10.1 Å². The van der Waals surface area contributed by atoms with Gasteiger partial charge in [0, 0.05) is 49.8 Å². The first-order chi connectivity index (χ1) is 16.3. The Morgan fingerprint density at radius 1 is 1.12 bits per heavy atom. The number of anilines is 1. The fourth-order valence-corrected chi connectivity index (χ4v) is 5.24. The van der Waals surface area contributed by atoms with Crippen molar-refractivity contribution in [3.8, 4) is 17.0 Å². The summed E-state index contributed by atoms with van der Waals surface area (Å²) >= 11 is 0. The Hall–Kier alpha value is -3.40. The molecule has 1 saturated carbocycles. The summed E-state index contributed by atoms with van der Waals surface area (Å²) in [6.45, 7) is 0. The lowest BCUT2D eigenvalue weighted by molar-refractivity contribution is 0.130. The van der Waals surface area contributed by atoms with Crippen molar-refractivity contribution in [3.63, 3.8) is 0 Å². The number of aryl methyl sites for hydroxylation is 1. The summed E-state index contributed by atoms with van der Waals surface area (Å²) < 4.78 is 33.8. The van der Waals surface area contributed by atoms with Crippen molar-refractivity contribution in [2.45, 2.75) is 42.7 Å². The van der Waals surface area contributed by atoms with Gasteiger partial charge < -0.3 is 10.1 Å². The molecule has 0 unspecified atom stereocenters. The first-order valence-corrected chi connectivity index (χ1v) is 13.2. The second kappa shape index (κ2) is 8.75. The zero-order chi connectivity index (χ0) is 23.9. The van der Waals surface area contributed by atoms with Crippen LogP contribution in [0.5, 0.6) is 5.75 Å². The van der Waals surface area contributed by atoms with Crippen molar-refractivity contribution < 1.29 is 13.2 Å². The van der Waals surface area contributed by atoms with Gasteiger partial charge in [-0.2, -0.15) is 10.2 Å². The predicted molar refractivity (Wildman–Crippen MR) is 131 cm³/mol. The van der Waals surface area contributed by atoms with Crippen molar-refractivity contribution in [3.05, 3.63) is 48.9 Å². The van der Waals surface area contributed by atoms with Crippen LogP contribution in [-0.4, -0.2) is 52.4 Å². The van der Waals surface area contributed by atoms with Crippen LogP contribution in [0.15, 0.2) is 53.8 Å². The summed E-state index contributed by atoms with van der Waals surface area (Å²) in [5, 5.41) is 13.4. The van der Waals surface area contributed by atoms with Gasteiger partial charge in [0.1, 0.15) is 17.3 Å². The second-order valence-corrected chi connectivity index (χ2v) is 10.8. The molecule has 178 valence electrons. The molecule has 3 heterocycles. The minimum Gasteiger partial charge on any atom is -0.490 e. The van der Waals surface area contributed by atoms with Gasteiger partial charge in [0.2, 0.25) is 0 Å². The zero-order valence-corrected chi connectivity index (χ0v) is 20.3. The third-order valence-electron chi connectivity index (χ3n) is 6.35. The highest BCUT2D eigenvalue weighted by Gasteiger charge is 2.27. The SMILES string of the molecule is CNc1cc2c(cn1)c(-c1cnn(C)c1)nn2C1CCC(Oc2cccc(S(C)(=O)=O)c2)CC1. The quantitative estimate of drug-likeness (QED) is 0.447. The molecule has 0 bridgehead atoms. The molecule has 0 saturated heterocycles. The number of nitrogens with one attached hydrogen (secondary N) is 1. The number of sulfone groups is 1. The van der Waals surface area contributed by atoms with Crippen LogP contribution in [0.2, 0.25) is 0 Å². The Labute approximate surface area is 198 Å². The van der Waals surface area contributed by atoms with Crippen LogP contribution in [0, 0.1) is 0 Å². The maximum atomic E-state index is 11.9. The van der Waals surface area contributed by atoms with Gasteiger partial charge in [-0.3, -0.25) is 9.36 Å². The van der Waals surface area contributed by atoms with E-state index in [0.29, 0.717) is 5.75 Å². The predicted octanol–water partition coefficient (Wildman–Crippen LogP) is 3.84. The molecule has 0 spiro atoms. The second-order valence-electron chi connectivity index (χ2n) is 8.83. The third-order valence-corrected chi connectivity index (χ3v) is 7.46. The molecule has 10 heteroatoms. The van der Waals surface area contributed by atoms with Crippen LogP contribution in [0.4, 0.5) is 5.82 Å². The number of benzene rings is 1. The lowest BCUT2D eigenvalue weighted by Crippen LogP contribution is -2.26. The summed E-state index contributed by atoms with van der Waals surface area (Å²) in [4.78, 5) is 4.78. The molecule has 0 atom stereocenters. The standard InChI is InChI=1S/C24H28N6O3S/c1-25-23-12-22-21(14-26-23)24(16-13-27-29(2)15-16)28-30(22)17-7-9-18(10-8-17)33-19-5-4-6-20(11-19)34(3,31)32/h4-6,11-15,17-18H,7-10H2,1-3H3,(H,25,26). The molecule has 1 aliphatic rings. The Morgan fingerprint density at radius 2 is 1.91 bits per heavy atom. The number of nitrogens with zero attached hydrogens (tertiary/aromatic N) is 5. The number of ether oxygens (including phenoxy) is 1. The molecule has 1 aromatic carbocycles. The first-order valence-electron chi connectivity index (χ1n) is 11.3. The number of pyridine rings is 1. The highest BCUT2D eigenvalue weighted by molar-refractivity contribution is 7.90. The summed E-state index contributed by atoms with van der Waals surface area (Å²) in [6.07, 6.45) is 10.5. The van der Waals surface area contributed by atoms with Gasteiger partial charge in [-0.25, -0.2) is 13.4 Å². The Morgan fingerprint density at radius 3 is 2.59 bits per heavy atom. The molecule has 0 amide bonds. The van der Waals surface area contributed by atoms with E-state index in [4.69, 9.17) is 9.84 Å². The number of aromatic nitrogens is 5. The van der Waals surface area contributed by atoms with E-state index in [-0.39, 0.29) is 17.0 Å². The molecule has 1 N–H and O–H groups in total. The van der Waals surface area contributed by atoms with Crippen LogP contribution in [0.3, 0.4) is 0 Å². The Balaban J connectivity index is 1.37. The van der Waals surface area contributed by atoms with Crippen molar-refractivity contribution >= 4 is 26.6 Å². The fourth-order valence-electron chi connectivity index (χ4n) is 4.58. The molecule has 1 aliphatic carbocycles. The minimum atomic E-state index is -3.26. The molecular formula is C24H28N6O3S. The average molecular weight is 481 g/mol. The van der Waals surface area contributed by atoms with Crippen LogP contribution >= 0.6 is 0 Å². The van der Waals surface area contributed by atoms with Gasteiger partial charge in [0.15, 0.2) is 9.84 Å². The van der Waals surface area contributed by atoms with Gasteiger partial charge in [0.25, 0.3) is 0 Å². The lowest BCUT2D eigenvalue weighted by atomic mass is 9.93. The normalized spacial score (nSPS) is 18.8. The van der Waals surface area contributed by atoms with E-state index in [9.17, 15) is 8.42 Å². The van der Waals surface area contributed by atoms with Gasteiger partial charge >= 0.3 is 0 Å². The van der Waals surface area contributed by atoms with E-state index >= 15 is 0 Å². The Kier molecular flexibility index (Phi) is 5.76. The third kappa shape index (κ3) is 4.37. The van der Waals surface area contributed by atoms with Crippen LogP contribution in [0.1, 0.15) is 31.7 Å². The lowest BCUT2D eigenvalue weighted by Gasteiger charge is -2.29. The van der Waals surface area contributed by atoms with Crippen molar-refractivity contribution in [2.24, 2.45) is 7.05 Å². The number of rotatable bonds is 6. The Bertz CT molecular complexity index is 1430. The largest absolute Gasteiger partial charge is 0.490 e. The molecular weight excluding hydrogens is 452 g/mol. The zero-order valence-electron chi connectivity index (χ0n) is 19.5. The average Bonchev–Trinajstić information content (AvgIpc) is 3.42. The highest BCUT2D eigenvalue weighted by Crippen LogP contribution is 2.36. The minimum absolute atomic E-state index is 0.0419. The molecule has 0 radical (unpaired) electrons. The molecule has 1 fully saturated rings. The molecule has 3 aromatic heterocycles. The molecule has 4 aromatic rings. The molecule has 9 nitrogen and oxygen atoms in total. The van der Waals surface area contributed by atoms with E-state index in [2.05, 4.69) is 20.1 Å². The monoisotopic (exact) mass is 480 g/mol. The highest BCUT2D eigenvalue weighted by atomic mass is 32.2. The summed E-state index contributed by atoms with van der Waals surface area (Å²) in [6, 6.07) is 9.02. The van der Waals surface area contributed by atoms with Crippen molar-refractivity contribution in [1.82, 2.24) is 24.5 Å². The van der Waals surface area contributed by atoms with E-state index in [1.807, 2.05) is 44.8 Å². The fraction of sp³-hybridized carbons (Fsp3) is 0.375. The maximum Gasteiger partial charge on any atom is 0.175 e. The molecule has 5 rings (SSSR count). The van der Waals surface area contributed by atoms with E-state index in [0.717, 1.165) is 53.7 Å². The summed E-state index contributed by atoms with van der Waals surface area (Å²) in [7, 11) is 0.491. The number of hydrogen-bond acceptors (Lipinski definition) is 7. The van der Waals surface area contributed by atoms with Crippen LogP contribution in [0.25, 0.3) is 22.2 Å². The van der Waals surface area contributed by atoms with Gasteiger partial charge in [-0.1, -0.05) is 6.07 Å². The molecule has 34 heavy (non-hydrogen) atoms. The number of hydrogen-bond donors (Lipinski definition) is 1. The van der Waals surface area contributed by atoms with E-state index in [1.54, 1.807) is 22.9 Å². The van der Waals surface area contributed by atoms with E-state index in [1.165, 1.54) is 6.26 Å². The summed E-state index contributed by atoms with van der Waals surface area (Å²) in [5.74, 6) is 1.40. The van der Waals surface area contributed by atoms with Gasteiger partial charge in [0.05, 0.1) is 28.8 Å². The topological polar surface area (TPSA) is 104 Å². The summed E-state index contributed by atoms with van der Waals surface area (Å²) in [5.41, 5.74) is 2.89. The number of fused-ring (bicyclic) bond motifs is 1. The molecule has 0 aliphatic heterocycles. The van der Waals surface area contributed by atoms with Gasteiger partial charge in [-0.15, -0.1) is 0 Å². The van der Waals surface area contributed by atoms with Crippen molar-refractivity contribution in [2.75, 3.05) is 18.6 Å².